The van der Waals surface area contributed by atoms with E-state index in [4.69, 9.17) is 0 Å². The molecule has 6 amide bonds. The number of urea groups is 1. The monoisotopic (exact) mass is 782 g/mol. The van der Waals surface area contributed by atoms with Crippen LogP contribution in [-0.2, 0) is 30.5 Å². The van der Waals surface area contributed by atoms with Crippen molar-refractivity contribution in [2.45, 2.75) is 128 Å². The van der Waals surface area contributed by atoms with E-state index >= 15 is 0 Å². The van der Waals surface area contributed by atoms with E-state index in [9.17, 15) is 28.8 Å². The molecule has 1 unspecified atom stereocenters. The number of hydrogen-bond donors (Lipinski definition) is 5. The smallest absolute Gasteiger partial charge is 0.315 e. The SMILES string of the molecule is C=CCCC(NC(=O)[C@@H]1[C@@H]2[C@H](CN1C(=O)[C@@H](NC(=O)NC13CC4CC(CC(C4)C1)C3)C1CCCCC1)C2(C)C)C(=O)C(=O)NC/C=C/C(=O)NCc1ccccc1. The summed E-state index contributed by atoms with van der Waals surface area (Å²) >= 11 is 0. The van der Waals surface area contributed by atoms with Crippen LogP contribution >= 0.6 is 0 Å². The number of nitrogens with one attached hydrogen (secondary N) is 5. The van der Waals surface area contributed by atoms with Crippen LogP contribution in [0.4, 0.5) is 4.79 Å². The summed E-state index contributed by atoms with van der Waals surface area (Å²) in [6, 6.07) is 6.46. The van der Waals surface area contributed by atoms with E-state index in [-0.39, 0.29) is 59.5 Å². The van der Waals surface area contributed by atoms with Gasteiger partial charge < -0.3 is 31.5 Å². The van der Waals surface area contributed by atoms with Gasteiger partial charge in [0, 0.05) is 31.2 Å². The fourth-order valence-corrected chi connectivity index (χ4v) is 11.7. The molecule has 0 radical (unpaired) electrons. The van der Waals surface area contributed by atoms with Gasteiger partial charge in [-0.1, -0.05) is 75.6 Å². The quantitative estimate of drug-likeness (QED) is 0.0928. The summed E-state index contributed by atoms with van der Waals surface area (Å²) in [6.45, 7) is 8.66. The first kappa shape index (κ1) is 40.7. The lowest BCUT2D eigenvalue weighted by atomic mass is 9.53. The molecule has 308 valence electrons. The molecule has 1 heterocycles. The molecule has 0 spiro atoms. The lowest BCUT2D eigenvalue weighted by molar-refractivity contribution is -0.144. The minimum Gasteiger partial charge on any atom is -0.348 e. The third-order valence-corrected chi connectivity index (χ3v) is 14.3. The maximum Gasteiger partial charge on any atom is 0.315 e. The number of Topliss-reactive ketones (excluding diaryl/α,β-unsaturated/α-hetero) is 1. The Balaban J connectivity index is 0.996. The third-order valence-electron chi connectivity index (χ3n) is 14.3. The molecule has 1 aromatic carbocycles. The molecule has 1 aliphatic heterocycles. The van der Waals surface area contributed by atoms with Crippen molar-refractivity contribution < 1.29 is 28.8 Å². The van der Waals surface area contributed by atoms with Crippen molar-refractivity contribution in [2.75, 3.05) is 13.1 Å². The van der Waals surface area contributed by atoms with Crippen molar-refractivity contribution >= 4 is 35.4 Å². The largest absolute Gasteiger partial charge is 0.348 e. The Labute approximate surface area is 337 Å². The fraction of sp³-hybridized carbons (Fsp3) is 0.644. The molecule has 12 nitrogen and oxygen atoms in total. The van der Waals surface area contributed by atoms with Gasteiger partial charge in [0.15, 0.2) is 0 Å². The van der Waals surface area contributed by atoms with Gasteiger partial charge in [-0.2, -0.15) is 0 Å². The van der Waals surface area contributed by atoms with E-state index < -0.39 is 35.7 Å². The standard InChI is InChI=1S/C45H62N6O6/c1-4-5-17-34(39(53)41(55)46-19-12-18-35(52)47-26-28-13-8-6-9-14-28)48-40(54)38-36-33(44(36,2)3)27-51(38)42(56)37(32-15-10-7-11-16-32)49-43(57)50-45-23-29-20-30(24-45)22-31(21-29)25-45/h4,6,8-9,12-14,18,29-34,36-38H,1,5,7,10-11,15-17,19-27H2,2-3H3,(H,46,55)(H,47,52)(H,48,54)(H2,49,50,57)/b18-12+/t29?,30?,31?,33-,34?,36-,37-,38-,45?/m0/s1. The summed E-state index contributed by atoms with van der Waals surface area (Å²) < 4.78 is 0. The number of fused-ring (bicyclic) bond motifs is 1. The minimum absolute atomic E-state index is 0.0309. The second kappa shape index (κ2) is 17.2. The minimum atomic E-state index is -1.13. The summed E-state index contributed by atoms with van der Waals surface area (Å²) in [5, 5.41) is 14.8. The zero-order chi connectivity index (χ0) is 40.3. The molecule has 5 atom stereocenters. The summed E-state index contributed by atoms with van der Waals surface area (Å²) in [5.74, 6) is -0.770. The Hall–Kier alpha value is -4.48. The van der Waals surface area contributed by atoms with Crippen LogP contribution in [0.2, 0.25) is 0 Å². The second-order valence-corrected chi connectivity index (χ2v) is 18.7. The molecule has 8 rings (SSSR count). The normalized spacial score (nSPS) is 30.5. The number of likely N-dealkylation sites (tertiary alicyclic amines) is 1. The Bertz CT molecular complexity index is 1700. The van der Waals surface area contributed by atoms with Crippen molar-refractivity contribution in [2.24, 2.45) is 40.9 Å². The number of benzene rings is 1. The van der Waals surface area contributed by atoms with E-state index in [1.165, 1.54) is 31.4 Å². The van der Waals surface area contributed by atoms with Crippen LogP contribution in [0.15, 0.2) is 55.1 Å². The van der Waals surface area contributed by atoms with Crippen molar-refractivity contribution in [1.82, 2.24) is 31.5 Å². The van der Waals surface area contributed by atoms with Gasteiger partial charge in [0.2, 0.25) is 23.5 Å². The van der Waals surface area contributed by atoms with E-state index in [0.717, 1.165) is 56.9 Å². The molecule has 5 N–H and O–H groups in total. The molecule has 6 aliphatic carbocycles. The van der Waals surface area contributed by atoms with Crippen LogP contribution in [0.5, 0.6) is 0 Å². The molecule has 6 saturated carbocycles. The highest BCUT2D eigenvalue weighted by molar-refractivity contribution is 6.38. The maximum absolute atomic E-state index is 14.8. The highest BCUT2D eigenvalue weighted by atomic mass is 16.2. The number of nitrogens with zero attached hydrogens (tertiary/aromatic N) is 1. The number of amides is 6. The molecule has 1 aromatic rings. The summed E-state index contributed by atoms with van der Waals surface area (Å²) in [6.07, 6.45) is 16.5. The predicted molar refractivity (Wildman–Crippen MR) is 216 cm³/mol. The first-order chi connectivity index (χ1) is 27.4. The van der Waals surface area contributed by atoms with Crippen LogP contribution < -0.4 is 26.6 Å². The van der Waals surface area contributed by atoms with E-state index in [0.29, 0.717) is 37.3 Å². The summed E-state index contributed by atoms with van der Waals surface area (Å²) in [7, 11) is 0. The van der Waals surface area contributed by atoms with Crippen LogP contribution in [0.1, 0.15) is 103 Å². The molecular formula is C45H62N6O6. The average Bonchev–Trinajstić information content (AvgIpc) is 3.48. The van der Waals surface area contributed by atoms with Crippen LogP contribution in [-0.4, -0.2) is 77.1 Å². The van der Waals surface area contributed by atoms with Gasteiger partial charge >= 0.3 is 6.03 Å². The number of ketones is 1. The summed E-state index contributed by atoms with van der Waals surface area (Å²) in [4.78, 5) is 83.5. The topological polar surface area (TPSA) is 166 Å². The van der Waals surface area contributed by atoms with Gasteiger partial charge in [-0.15, -0.1) is 6.58 Å². The van der Waals surface area contributed by atoms with Gasteiger partial charge in [-0.25, -0.2) is 4.79 Å². The molecule has 0 aromatic heterocycles. The van der Waals surface area contributed by atoms with Crippen molar-refractivity contribution in [3.8, 4) is 0 Å². The molecule has 57 heavy (non-hydrogen) atoms. The Morgan fingerprint density at radius 2 is 1.56 bits per heavy atom. The van der Waals surface area contributed by atoms with E-state index in [2.05, 4.69) is 47.0 Å². The third kappa shape index (κ3) is 9.15. The predicted octanol–water partition coefficient (Wildman–Crippen LogP) is 4.70. The zero-order valence-corrected chi connectivity index (χ0v) is 33.7. The number of carbonyl (C=O) groups is 6. The molecule has 1 saturated heterocycles. The van der Waals surface area contributed by atoms with E-state index in [1.54, 1.807) is 11.0 Å². The lowest BCUT2D eigenvalue weighted by Crippen LogP contribution is -2.64. The Morgan fingerprint density at radius 3 is 2.21 bits per heavy atom. The van der Waals surface area contributed by atoms with Crippen LogP contribution in [0.3, 0.4) is 0 Å². The van der Waals surface area contributed by atoms with Crippen LogP contribution in [0, 0.1) is 40.9 Å². The molecule has 4 bridgehead atoms. The van der Waals surface area contributed by atoms with Gasteiger partial charge in [0.1, 0.15) is 12.1 Å². The fourth-order valence-electron chi connectivity index (χ4n) is 11.7. The second-order valence-electron chi connectivity index (χ2n) is 18.7. The van der Waals surface area contributed by atoms with Crippen LogP contribution in [0.25, 0.3) is 0 Å². The first-order valence-corrected chi connectivity index (χ1v) is 21.5. The molecule has 12 heteroatoms. The van der Waals surface area contributed by atoms with Crippen molar-refractivity contribution in [3.05, 3.63) is 60.7 Å². The lowest BCUT2D eigenvalue weighted by Gasteiger charge is -2.56. The average molecular weight is 783 g/mol. The van der Waals surface area contributed by atoms with Gasteiger partial charge in [0.05, 0.1) is 6.04 Å². The van der Waals surface area contributed by atoms with Crippen molar-refractivity contribution in [3.63, 3.8) is 0 Å². The van der Waals surface area contributed by atoms with Gasteiger partial charge in [-0.3, -0.25) is 24.0 Å². The maximum atomic E-state index is 14.8. The van der Waals surface area contributed by atoms with E-state index in [1.807, 2.05) is 30.3 Å². The summed E-state index contributed by atoms with van der Waals surface area (Å²) in [5.41, 5.74) is 0.570. The Morgan fingerprint density at radius 1 is 0.895 bits per heavy atom. The highest BCUT2D eigenvalue weighted by Gasteiger charge is 2.70. The first-order valence-electron chi connectivity index (χ1n) is 21.5. The number of rotatable bonds is 16. The number of hydrogen-bond acceptors (Lipinski definition) is 6. The van der Waals surface area contributed by atoms with Crippen molar-refractivity contribution in [1.29, 1.82) is 0 Å². The molecular weight excluding hydrogens is 721 g/mol. The zero-order valence-electron chi connectivity index (χ0n) is 33.7. The van der Waals surface area contributed by atoms with Gasteiger partial charge in [0.25, 0.3) is 5.91 Å². The Kier molecular flexibility index (Phi) is 12.3. The molecule has 7 fully saturated rings. The van der Waals surface area contributed by atoms with Gasteiger partial charge in [-0.05, 0) is 111 Å². The molecule has 7 aliphatic rings. The number of piperidine rings is 1. The number of carbonyl (C=O) groups excluding carboxylic acids is 6. The highest BCUT2D eigenvalue weighted by Crippen LogP contribution is 2.65. The number of allylic oxidation sites excluding steroid dienone is 1.